The molecule has 1 heterocycles. The second-order valence-corrected chi connectivity index (χ2v) is 10.2. The fourth-order valence-electron chi connectivity index (χ4n) is 3.43. The molecule has 3 rings (SSSR count). The van der Waals surface area contributed by atoms with Crippen molar-refractivity contribution in [1.29, 1.82) is 0 Å². The van der Waals surface area contributed by atoms with Crippen LogP contribution in [0.4, 0.5) is 5.69 Å². The molecule has 0 aliphatic heterocycles. The zero-order valence-electron chi connectivity index (χ0n) is 19.4. The van der Waals surface area contributed by atoms with E-state index in [4.69, 9.17) is 35.4 Å². The molecule has 0 radical (unpaired) electrons. The van der Waals surface area contributed by atoms with E-state index in [1.165, 1.54) is 18.2 Å². The minimum absolute atomic E-state index is 0.107. The predicted octanol–water partition coefficient (Wildman–Crippen LogP) is -1.05. The SMILES string of the molecule is CCc1cc(-c2ccccc2)cc(CC)[n+]1CC(=O)Nc1ccc(S(N)(=O)=O)cc1Cl.[O-][Cl+3]([O-])([O-])[O-]. The van der Waals surface area contributed by atoms with E-state index in [9.17, 15) is 13.2 Å². The van der Waals surface area contributed by atoms with Crippen molar-refractivity contribution in [3.05, 3.63) is 77.1 Å². The van der Waals surface area contributed by atoms with Crippen LogP contribution in [-0.2, 0) is 34.2 Å². The third kappa shape index (κ3) is 9.12. The molecule has 0 fully saturated rings. The Morgan fingerprint density at radius 3 is 1.92 bits per heavy atom. The molecule has 10 nitrogen and oxygen atoms in total. The van der Waals surface area contributed by atoms with Crippen molar-refractivity contribution < 1.29 is 46.7 Å². The van der Waals surface area contributed by atoms with Gasteiger partial charge in [-0.3, -0.25) is 4.79 Å². The lowest BCUT2D eigenvalue weighted by atomic mass is 10.0. The lowest BCUT2D eigenvalue weighted by molar-refractivity contribution is -2.00. The summed E-state index contributed by atoms with van der Waals surface area (Å²) < 4.78 is 58.9. The highest BCUT2D eigenvalue weighted by Crippen LogP contribution is 2.25. The molecule has 194 valence electrons. The smallest absolute Gasteiger partial charge is 0.290 e. The molecular weight excluding hydrogens is 533 g/mol. The Kier molecular flexibility index (Phi) is 10.3. The molecule has 2 aromatic carbocycles. The molecule has 13 heteroatoms. The monoisotopic (exact) mass is 557 g/mol. The van der Waals surface area contributed by atoms with Gasteiger partial charge in [-0.1, -0.05) is 55.8 Å². The lowest BCUT2D eigenvalue weighted by Crippen LogP contribution is -2.68. The number of sulfonamides is 1. The van der Waals surface area contributed by atoms with Crippen LogP contribution in [0.5, 0.6) is 0 Å². The van der Waals surface area contributed by atoms with Gasteiger partial charge < -0.3 is 5.32 Å². The summed E-state index contributed by atoms with van der Waals surface area (Å²) in [5.74, 6) is -0.257. The molecule has 1 amide bonds. The first-order valence-corrected chi connectivity index (χ1v) is 13.7. The zero-order chi connectivity index (χ0) is 27.1. The largest absolute Gasteiger partial charge is 0.319 e. The normalized spacial score (nSPS) is 11.4. The summed E-state index contributed by atoms with van der Waals surface area (Å²) in [6, 6.07) is 18.3. The zero-order valence-corrected chi connectivity index (χ0v) is 21.8. The fourth-order valence-corrected chi connectivity index (χ4v) is 4.27. The maximum Gasteiger partial charge on any atom is 0.290 e. The first-order valence-electron chi connectivity index (χ1n) is 10.6. The van der Waals surface area contributed by atoms with Gasteiger partial charge in [-0.2, -0.15) is 4.57 Å². The molecule has 0 aliphatic carbocycles. The third-order valence-corrected chi connectivity index (χ3v) is 6.24. The molecule has 0 spiro atoms. The number of primary sulfonamides is 1. The number of nitrogens with two attached hydrogens (primary N) is 1. The Labute approximate surface area is 216 Å². The molecular formula is C23H25Cl2N3O7S. The van der Waals surface area contributed by atoms with Gasteiger partial charge >= 0.3 is 0 Å². The number of nitrogens with zero attached hydrogens (tertiary/aromatic N) is 1. The van der Waals surface area contributed by atoms with Crippen LogP contribution in [0, 0.1) is 10.2 Å². The van der Waals surface area contributed by atoms with Crippen LogP contribution < -0.4 is 33.7 Å². The number of amides is 1. The standard InChI is InChI=1S/C23H24ClN3O3S.ClHO4/c1-3-18-12-17(16-8-6-5-7-9-16)13-19(4-2)27(18)15-23(28)26-22-11-10-20(14-21(22)24)31(25,29)30;2-1(3,4)5/h5-14H,3-4,15H2,1-2H3,(H2-,25,26,28,29,30);(H,2,3,4,5). The van der Waals surface area contributed by atoms with Gasteiger partial charge in [-0.05, 0) is 29.3 Å². The second kappa shape index (κ2) is 12.6. The van der Waals surface area contributed by atoms with Crippen molar-refractivity contribution >= 4 is 33.2 Å². The first-order chi connectivity index (χ1) is 16.7. The first kappa shape index (κ1) is 29.6. The number of halogens is 2. The van der Waals surface area contributed by atoms with Crippen LogP contribution in [0.3, 0.4) is 0 Å². The van der Waals surface area contributed by atoms with Crippen molar-refractivity contribution in [3.8, 4) is 11.1 Å². The van der Waals surface area contributed by atoms with Crippen molar-refractivity contribution in [1.82, 2.24) is 0 Å². The van der Waals surface area contributed by atoms with E-state index in [0.29, 0.717) is 5.69 Å². The second-order valence-electron chi connectivity index (χ2n) is 7.50. The number of hydrogen-bond donors (Lipinski definition) is 2. The van der Waals surface area contributed by atoms with Gasteiger partial charge in [0.15, 0.2) is 11.4 Å². The van der Waals surface area contributed by atoms with Gasteiger partial charge in [0.1, 0.15) is 0 Å². The van der Waals surface area contributed by atoms with Gasteiger partial charge in [0.25, 0.3) is 5.91 Å². The molecule has 0 unspecified atom stereocenters. The number of aromatic nitrogens is 1. The van der Waals surface area contributed by atoms with Gasteiger partial charge in [0.2, 0.25) is 16.6 Å². The number of rotatable bonds is 7. The summed E-state index contributed by atoms with van der Waals surface area (Å²) in [5.41, 5.74) is 4.67. The number of aryl methyl sites for hydroxylation is 2. The Bertz CT molecular complexity index is 1280. The van der Waals surface area contributed by atoms with E-state index < -0.39 is 20.3 Å². The quantitative estimate of drug-likeness (QED) is 0.346. The van der Waals surface area contributed by atoms with Crippen molar-refractivity contribution in [2.45, 2.75) is 38.1 Å². The van der Waals surface area contributed by atoms with Crippen molar-refractivity contribution in [2.24, 2.45) is 5.14 Å². The highest BCUT2D eigenvalue weighted by molar-refractivity contribution is 7.89. The van der Waals surface area contributed by atoms with E-state index in [1.54, 1.807) is 0 Å². The van der Waals surface area contributed by atoms with Crippen LogP contribution in [0.2, 0.25) is 5.02 Å². The summed E-state index contributed by atoms with van der Waals surface area (Å²) in [5, 5.41) is 7.99. The fraction of sp³-hybridized carbons (Fsp3) is 0.217. The average Bonchev–Trinajstić information content (AvgIpc) is 2.79. The Morgan fingerprint density at radius 2 is 1.47 bits per heavy atom. The average molecular weight is 558 g/mol. The number of benzene rings is 2. The molecule has 0 saturated carbocycles. The van der Waals surface area contributed by atoms with Gasteiger partial charge in [-0.15, -0.1) is 10.2 Å². The molecule has 0 aliphatic rings. The van der Waals surface area contributed by atoms with E-state index in [-0.39, 0.29) is 22.4 Å². The van der Waals surface area contributed by atoms with Gasteiger partial charge in [0.05, 0.1) is 15.6 Å². The maximum atomic E-state index is 12.8. The van der Waals surface area contributed by atoms with E-state index in [1.807, 2.05) is 22.8 Å². The predicted molar refractivity (Wildman–Crippen MR) is 122 cm³/mol. The highest BCUT2D eigenvalue weighted by atomic mass is 35.7. The summed E-state index contributed by atoms with van der Waals surface area (Å²) in [6.45, 7) is 4.23. The summed E-state index contributed by atoms with van der Waals surface area (Å²) in [7, 11) is -8.81. The number of anilines is 1. The van der Waals surface area contributed by atoms with Crippen molar-refractivity contribution in [3.63, 3.8) is 0 Å². The molecule has 0 saturated heterocycles. The molecule has 1 aromatic heterocycles. The summed E-state index contributed by atoms with van der Waals surface area (Å²) in [6.07, 6.45) is 1.54. The molecule has 3 N–H and O–H groups in total. The van der Waals surface area contributed by atoms with Crippen LogP contribution in [-0.4, -0.2) is 14.3 Å². The van der Waals surface area contributed by atoms with E-state index in [0.717, 1.165) is 35.4 Å². The molecule has 36 heavy (non-hydrogen) atoms. The Morgan fingerprint density at radius 1 is 0.944 bits per heavy atom. The topological polar surface area (TPSA) is 185 Å². The van der Waals surface area contributed by atoms with Gasteiger partial charge in [0, 0.05) is 25.0 Å². The Balaban J connectivity index is 0.000000830. The molecule has 0 bridgehead atoms. The third-order valence-electron chi connectivity index (χ3n) is 5.01. The number of pyridine rings is 1. The number of carbonyl (C=O) groups excluding carboxylic acids is 1. The Hall–Kier alpha value is -2.61. The minimum atomic E-state index is -4.94. The number of hydrogen-bond acceptors (Lipinski definition) is 7. The van der Waals surface area contributed by atoms with Crippen LogP contribution in [0.15, 0.2) is 65.6 Å². The van der Waals surface area contributed by atoms with Crippen LogP contribution in [0.25, 0.3) is 11.1 Å². The van der Waals surface area contributed by atoms with Gasteiger partial charge in [-0.25, -0.2) is 32.2 Å². The van der Waals surface area contributed by atoms with Crippen LogP contribution in [0.1, 0.15) is 25.2 Å². The van der Waals surface area contributed by atoms with E-state index >= 15 is 0 Å². The summed E-state index contributed by atoms with van der Waals surface area (Å²) in [4.78, 5) is 12.7. The number of nitrogens with one attached hydrogen (secondary N) is 1. The maximum absolute atomic E-state index is 12.8. The molecule has 3 aromatic rings. The number of carbonyl (C=O) groups is 1. The van der Waals surface area contributed by atoms with Crippen LogP contribution >= 0.6 is 11.6 Å². The summed E-state index contributed by atoms with van der Waals surface area (Å²) >= 11 is 6.15. The van der Waals surface area contributed by atoms with E-state index in [2.05, 4.69) is 43.4 Å². The molecule has 0 atom stereocenters. The van der Waals surface area contributed by atoms with Crippen molar-refractivity contribution in [2.75, 3.05) is 5.32 Å². The highest BCUT2D eigenvalue weighted by Gasteiger charge is 2.21. The minimum Gasteiger partial charge on any atom is -0.319 e. The lowest BCUT2D eigenvalue weighted by Gasteiger charge is -2.17.